The van der Waals surface area contributed by atoms with Gasteiger partial charge in [-0.05, 0) is 0 Å². The van der Waals surface area contributed by atoms with Crippen LogP contribution < -0.4 is 11.3 Å². The van der Waals surface area contributed by atoms with Crippen LogP contribution in [0.3, 0.4) is 0 Å². The van der Waals surface area contributed by atoms with E-state index in [1.807, 2.05) is 4.90 Å². The van der Waals surface area contributed by atoms with Crippen LogP contribution in [0, 0.1) is 0 Å². The standard InChI is InChI=1S/C11H17N5O3.C2H4O2/c12-11-14-8-7(5-13-9(8)10(19)15-11)6-16(1-3-17)2-4-18;1-2(3)4/h5,13,17-18H,1-4,6H2,(H3,12,14,15,19);1H3,(H,3,4). The highest BCUT2D eigenvalue weighted by atomic mass is 16.4. The van der Waals surface area contributed by atoms with Crippen LogP contribution in [0.2, 0.25) is 0 Å². The second-order valence-corrected chi connectivity index (χ2v) is 4.73. The number of nitrogens with two attached hydrogens (primary N) is 1. The van der Waals surface area contributed by atoms with Gasteiger partial charge in [0, 0.05) is 38.3 Å². The number of nitrogen functional groups attached to an aromatic ring is 1. The molecule has 0 atom stereocenters. The Morgan fingerprint density at radius 1 is 1.35 bits per heavy atom. The van der Waals surface area contributed by atoms with Crippen molar-refractivity contribution < 1.29 is 20.1 Å². The number of carboxylic acids is 1. The number of aliphatic hydroxyl groups is 2. The lowest BCUT2D eigenvalue weighted by molar-refractivity contribution is -0.134. The topological polar surface area (TPSA) is 169 Å². The Balaban J connectivity index is 0.000000593. The summed E-state index contributed by atoms with van der Waals surface area (Å²) in [7, 11) is 0. The summed E-state index contributed by atoms with van der Waals surface area (Å²) >= 11 is 0. The molecule has 0 saturated carbocycles. The van der Waals surface area contributed by atoms with Crippen molar-refractivity contribution in [3.05, 3.63) is 22.1 Å². The minimum absolute atomic E-state index is 0.00148. The van der Waals surface area contributed by atoms with E-state index >= 15 is 0 Å². The molecule has 7 N–H and O–H groups in total. The third-order valence-electron chi connectivity index (χ3n) is 2.86. The van der Waals surface area contributed by atoms with Gasteiger partial charge in [0.1, 0.15) is 11.0 Å². The molecule has 0 saturated heterocycles. The summed E-state index contributed by atoms with van der Waals surface area (Å²) < 4.78 is 0. The molecule has 2 aromatic rings. The lowest BCUT2D eigenvalue weighted by Gasteiger charge is -2.19. The Bertz CT molecular complexity index is 686. The molecule has 0 aliphatic rings. The molecule has 2 heterocycles. The summed E-state index contributed by atoms with van der Waals surface area (Å²) in [6.45, 7) is 2.42. The van der Waals surface area contributed by atoms with E-state index in [0.29, 0.717) is 30.7 Å². The molecule has 2 aromatic heterocycles. The SMILES string of the molecule is CC(=O)O.Nc1nc2c(CN(CCO)CCO)c[nH]c2c(=O)[nH]1. The number of rotatable bonds is 6. The first-order chi connectivity index (χ1) is 10.9. The summed E-state index contributed by atoms with van der Waals surface area (Å²) in [6, 6.07) is 0. The molecule has 0 bridgehead atoms. The van der Waals surface area contributed by atoms with Gasteiger partial charge in [0.15, 0.2) is 0 Å². The minimum atomic E-state index is -0.833. The first-order valence-corrected chi connectivity index (χ1v) is 6.88. The highest BCUT2D eigenvalue weighted by Gasteiger charge is 2.12. The van der Waals surface area contributed by atoms with Gasteiger partial charge in [0.25, 0.3) is 11.5 Å². The molecule has 0 spiro atoms. The second kappa shape index (κ2) is 8.88. The monoisotopic (exact) mass is 327 g/mol. The third-order valence-corrected chi connectivity index (χ3v) is 2.86. The number of hydrogen-bond donors (Lipinski definition) is 6. The molecule has 0 amide bonds. The molecule has 0 fully saturated rings. The maximum absolute atomic E-state index is 11.6. The number of H-pyrrole nitrogens is 2. The van der Waals surface area contributed by atoms with Gasteiger partial charge in [-0.2, -0.15) is 0 Å². The summed E-state index contributed by atoms with van der Waals surface area (Å²) in [4.78, 5) is 31.9. The van der Waals surface area contributed by atoms with Crippen LogP contribution in [0.4, 0.5) is 5.95 Å². The van der Waals surface area contributed by atoms with Gasteiger partial charge in [-0.3, -0.25) is 19.5 Å². The molecule has 128 valence electrons. The number of aliphatic carboxylic acids is 1. The maximum atomic E-state index is 11.6. The summed E-state index contributed by atoms with van der Waals surface area (Å²) in [5, 5.41) is 25.4. The zero-order chi connectivity index (χ0) is 17.4. The molecule has 0 aliphatic heterocycles. The van der Waals surface area contributed by atoms with E-state index in [-0.39, 0.29) is 24.7 Å². The van der Waals surface area contributed by atoms with Crippen LogP contribution in [-0.4, -0.2) is 67.4 Å². The Kier molecular flexibility index (Phi) is 7.19. The fourth-order valence-electron chi connectivity index (χ4n) is 2.00. The smallest absolute Gasteiger partial charge is 0.300 e. The lowest BCUT2D eigenvalue weighted by atomic mass is 10.2. The molecule has 10 nitrogen and oxygen atoms in total. The molecular weight excluding hydrogens is 306 g/mol. The van der Waals surface area contributed by atoms with Crippen LogP contribution in [-0.2, 0) is 11.3 Å². The zero-order valence-electron chi connectivity index (χ0n) is 12.7. The van der Waals surface area contributed by atoms with Crippen molar-refractivity contribution in [1.82, 2.24) is 19.9 Å². The fourth-order valence-corrected chi connectivity index (χ4v) is 2.00. The normalized spacial score (nSPS) is 10.6. The summed E-state index contributed by atoms with van der Waals surface area (Å²) in [6.07, 6.45) is 1.69. The number of nitrogens with zero attached hydrogens (tertiary/aromatic N) is 2. The molecule has 0 unspecified atom stereocenters. The molecule has 23 heavy (non-hydrogen) atoms. The number of aliphatic hydroxyl groups excluding tert-OH is 2. The lowest BCUT2D eigenvalue weighted by Crippen LogP contribution is -2.29. The van der Waals surface area contributed by atoms with Gasteiger partial charge in [0.2, 0.25) is 5.95 Å². The number of carboxylic acid groups (broad SMARTS) is 1. The van der Waals surface area contributed by atoms with E-state index in [9.17, 15) is 4.79 Å². The average Bonchev–Trinajstić information content (AvgIpc) is 2.82. The van der Waals surface area contributed by atoms with Crippen molar-refractivity contribution >= 4 is 23.0 Å². The maximum Gasteiger partial charge on any atom is 0.300 e. The third kappa shape index (κ3) is 5.70. The number of nitrogens with one attached hydrogen (secondary N) is 2. The quantitative estimate of drug-likeness (QED) is 0.381. The molecule has 0 radical (unpaired) electrons. The molecule has 0 aromatic carbocycles. The summed E-state index contributed by atoms with van der Waals surface area (Å²) in [5.74, 6) is -0.769. The van der Waals surface area contributed by atoms with Crippen molar-refractivity contribution in [1.29, 1.82) is 0 Å². The van der Waals surface area contributed by atoms with Crippen LogP contribution in [0.1, 0.15) is 12.5 Å². The van der Waals surface area contributed by atoms with Gasteiger partial charge in [-0.15, -0.1) is 0 Å². The molecule has 2 rings (SSSR count). The molecule has 10 heteroatoms. The second-order valence-electron chi connectivity index (χ2n) is 4.73. The number of carbonyl (C=O) groups is 1. The van der Waals surface area contributed by atoms with Gasteiger partial charge >= 0.3 is 0 Å². The van der Waals surface area contributed by atoms with Gasteiger partial charge in [-0.1, -0.05) is 0 Å². The van der Waals surface area contributed by atoms with Crippen LogP contribution in [0.25, 0.3) is 11.0 Å². The Morgan fingerprint density at radius 3 is 2.43 bits per heavy atom. The Morgan fingerprint density at radius 2 is 1.91 bits per heavy atom. The number of hydrogen-bond acceptors (Lipinski definition) is 7. The van der Waals surface area contributed by atoms with Crippen LogP contribution in [0.15, 0.2) is 11.0 Å². The van der Waals surface area contributed by atoms with Crippen molar-refractivity contribution in [3.63, 3.8) is 0 Å². The summed E-state index contributed by atoms with van der Waals surface area (Å²) in [5.41, 5.74) is 6.90. The van der Waals surface area contributed by atoms with Gasteiger partial charge in [0.05, 0.1) is 13.2 Å². The van der Waals surface area contributed by atoms with Crippen molar-refractivity contribution in [2.75, 3.05) is 32.0 Å². The zero-order valence-corrected chi connectivity index (χ0v) is 12.7. The minimum Gasteiger partial charge on any atom is -0.481 e. The fraction of sp³-hybridized carbons (Fsp3) is 0.462. The van der Waals surface area contributed by atoms with Crippen molar-refractivity contribution in [2.24, 2.45) is 0 Å². The van der Waals surface area contributed by atoms with E-state index in [4.69, 9.17) is 25.8 Å². The first kappa shape index (κ1) is 18.6. The number of fused-ring (bicyclic) bond motifs is 1. The largest absolute Gasteiger partial charge is 0.481 e. The predicted octanol–water partition coefficient (Wildman–Crippen LogP) is -1.29. The number of aromatic nitrogens is 3. The van der Waals surface area contributed by atoms with E-state index in [0.717, 1.165) is 12.5 Å². The van der Waals surface area contributed by atoms with Gasteiger partial charge < -0.3 is 26.0 Å². The van der Waals surface area contributed by atoms with Crippen molar-refractivity contribution in [2.45, 2.75) is 13.5 Å². The molecular formula is C13H21N5O5. The van der Waals surface area contributed by atoms with Crippen LogP contribution in [0.5, 0.6) is 0 Å². The molecule has 0 aliphatic carbocycles. The average molecular weight is 327 g/mol. The number of aromatic amines is 2. The Hall–Kier alpha value is -2.43. The first-order valence-electron chi connectivity index (χ1n) is 6.88. The Labute approximate surface area is 131 Å². The van der Waals surface area contributed by atoms with Crippen LogP contribution >= 0.6 is 0 Å². The van der Waals surface area contributed by atoms with E-state index in [2.05, 4.69) is 15.0 Å². The van der Waals surface area contributed by atoms with E-state index in [1.165, 1.54) is 0 Å². The van der Waals surface area contributed by atoms with Crippen molar-refractivity contribution in [3.8, 4) is 0 Å². The highest BCUT2D eigenvalue weighted by Crippen LogP contribution is 2.15. The van der Waals surface area contributed by atoms with Gasteiger partial charge in [-0.25, -0.2) is 4.98 Å². The number of anilines is 1. The predicted molar refractivity (Wildman–Crippen MR) is 83.9 cm³/mol. The van der Waals surface area contributed by atoms with E-state index in [1.54, 1.807) is 6.20 Å². The van der Waals surface area contributed by atoms with E-state index < -0.39 is 5.97 Å². The highest BCUT2D eigenvalue weighted by molar-refractivity contribution is 5.78.